The van der Waals surface area contributed by atoms with E-state index in [1.165, 1.54) is 26.4 Å². The lowest BCUT2D eigenvalue weighted by atomic mass is 9.63. The van der Waals surface area contributed by atoms with Gasteiger partial charge in [-0.25, -0.2) is 9.78 Å². The number of anilines is 1. The largest absolute Gasteiger partial charge is 0.452 e. The van der Waals surface area contributed by atoms with Gasteiger partial charge in [-0.15, -0.1) is 0 Å². The number of piperidine rings is 1. The second kappa shape index (κ2) is 9.69. The van der Waals surface area contributed by atoms with Crippen molar-refractivity contribution in [3.05, 3.63) is 23.5 Å². The molecule has 2 aliphatic carbocycles. The molecule has 8 heteroatoms. The van der Waals surface area contributed by atoms with Gasteiger partial charge in [0.15, 0.2) is 0 Å². The van der Waals surface area contributed by atoms with Gasteiger partial charge in [-0.05, 0) is 82.8 Å². The van der Waals surface area contributed by atoms with Gasteiger partial charge in [-0.1, -0.05) is 12.8 Å². The average molecular weight is 521 g/mol. The predicted octanol–water partition coefficient (Wildman–Crippen LogP) is 5.56. The van der Waals surface area contributed by atoms with Crippen LogP contribution in [-0.4, -0.2) is 51.9 Å². The van der Waals surface area contributed by atoms with E-state index in [2.05, 4.69) is 17.6 Å². The summed E-state index contributed by atoms with van der Waals surface area (Å²) in [6.07, 6.45) is 10.4. The minimum absolute atomic E-state index is 0.0495. The smallest absolute Gasteiger partial charge is 0.414 e. The summed E-state index contributed by atoms with van der Waals surface area (Å²) in [6, 6.07) is 4.34. The van der Waals surface area contributed by atoms with Gasteiger partial charge < -0.3 is 14.2 Å². The van der Waals surface area contributed by atoms with E-state index in [9.17, 15) is 14.4 Å². The minimum Gasteiger partial charge on any atom is -0.452 e. The molecule has 2 amide bonds. The molecule has 6 rings (SSSR count). The highest BCUT2D eigenvalue weighted by Gasteiger charge is 2.43. The van der Waals surface area contributed by atoms with Gasteiger partial charge >= 0.3 is 6.09 Å². The zero-order valence-electron chi connectivity index (χ0n) is 23.0. The molecule has 3 fully saturated rings. The number of ether oxygens (including phenoxy) is 1. The van der Waals surface area contributed by atoms with Crippen LogP contribution in [0.25, 0.3) is 11.0 Å². The molecule has 0 radical (unpaired) electrons. The molecule has 2 aromatic rings. The molecule has 38 heavy (non-hydrogen) atoms. The zero-order chi connectivity index (χ0) is 26.6. The van der Waals surface area contributed by atoms with Crippen LogP contribution in [0.15, 0.2) is 12.1 Å². The van der Waals surface area contributed by atoms with E-state index in [0.29, 0.717) is 13.0 Å². The highest BCUT2D eigenvalue weighted by atomic mass is 16.5. The number of likely N-dealkylation sites (tertiary alicyclic amines) is 1. The Labute approximate surface area is 224 Å². The molecule has 2 aliphatic heterocycles. The normalized spacial score (nSPS) is 26.8. The van der Waals surface area contributed by atoms with E-state index in [-0.39, 0.29) is 41.2 Å². The molecule has 0 bridgehead atoms. The first-order valence-electron chi connectivity index (χ1n) is 14.5. The van der Waals surface area contributed by atoms with Crippen molar-refractivity contribution in [2.75, 3.05) is 18.6 Å². The molecule has 3 atom stereocenters. The van der Waals surface area contributed by atoms with E-state index >= 15 is 0 Å². The summed E-state index contributed by atoms with van der Waals surface area (Å²) >= 11 is 0. The van der Waals surface area contributed by atoms with E-state index in [1.807, 2.05) is 11.0 Å². The maximum Gasteiger partial charge on any atom is 0.414 e. The number of nitrogens with zero attached hydrogens (tertiary/aromatic N) is 4. The maximum absolute atomic E-state index is 13.3. The lowest BCUT2D eigenvalue weighted by molar-refractivity contribution is -0.142. The number of carbonyl (C=O) groups is 3. The van der Waals surface area contributed by atoms with Gasteiger partial charge in [0.2, 0.25) is 5.91 Å². The second-order valence-electron chi connectivity index (χ2n) is 12.3. The molecule has 1 aromatic heterocycles. The first kappa shape index (κ1) is 25.4. The Bertz CT molecular complexity index is 1280. The van der Waals surface area contributed by atoms with Crippen LogP contribution in [0, 0.1) is 11.3 Å². The highest BCUT2D eigenvalue weighted by Crippen LogP contribution is 2.49. The molecule has 1 spiro atoms. The van der Waals surface area contributed by atoms with E-state index < -0.39 is 0 Å². The van der Waals surface area contributed by atoms with E-state index in [4.69, 9.17) is 9.72 Å². The van der Waals surface area contributed by atoms with Gasteiger partial charge in [-0.2, -0.15) is 0 Å². The molecule has 3 heterocycles. The second-order valence-corrected chi connectivity index (χ2v) is 12.3. The van der Waals surface area contributed by atoms with Crippen molar-refractivity contribution < 1.29 is 19.1 Å². The fraction of sp³-hybridized carbons (Fsp3) is 0.667. The van der Waals surface area contributed by atoms with Gasteiger partial charge in [0.05, 0.1) is 30.4 Å². The van der Waals surface area contributed by atoms with Crippen LogP contribution >= 0.6 is 0 Å². The number of aryl methyl sites for hydroxylation is 1. The summed E-state index contributed by atoms with van der Waals surface area (Å²) in [4.78, 5) is 47.2. The summed E-state index contributed by atoms with van der Waals surface area (Å²) in [6.45, 7) is 5.04. The molecule has 204 valence electrons. The average Bonchev–Trinajstić information content (AvgIpc) is 3.26. The number of amides is 2. The van der Waals surface area contributed by atoms with Crippen molar-refractivity contribution in [3.8, 4) is 0 Å². The molecule has 0 N–H and O–H groups in total. The van der Waals surface area contributed by atoms with Crippen LogP contribution in [0.2, 0.25) is 0 Å². The lowest BCUT2D eigenvalue weighted by Crippen LogP contribution is -2.47. The van der Waals surface area contributed by atoms with Crippen molar-refractivity contribution in [1.29, 1.82) is 0 Å². The Hall–Kier alpha value is -2.90. The number of rotatable bonds is 4. The summed E-state index contributed by atoms with van der Waals surface area (Å²) in [5.74, 6) is 1.48. The van der Waals surface area contributed by atoms with Gasteiger partial charge in [0.25, 0.3) is 0 Å². The summed E-state index contributed by atoms with van der Waals surface area (Å²) < 4.78 is 7.46. The molecule has 4 aliphatic rings. The molecule has 2 saturated carbocycles. The Morgan fingerprint density at radius 2 is 1.95 bits per heavy atom. The molecular weight excluding hydrogens is 480 g/mol. The zero-order valence-corrected chi connectivity index (χ0v) is 23.0. The molecular formula is C30H40N4O4. The Morgan fingerprint density at radius 3 is 2.63 bits per heavy atom. The SMILES string of the molecule is COC(=O)N1c2ccc3c(nc(CN4CCC5(CCC5)CC4=O)n3[C@@H]3CCC[C@@H](C(C)=O)C3)c2CC[C@@H]1C. The van der Waals surface area contributed by atoms with Crippen molar-refractivity contribution in [3.63, 3.8) is 0 Å². The Kier molecular flexibility index (Phi) is 6.47. The highest BCUT2D eigenvalue weighted by molar-refractivity contribution is 5.95. The van der Waals surface area contributed by atoms with Gasteiger partial charge in [-0.3, -0.25) is 14.5 Å². The third-order valence-corrected chi connectivity index (χ3v) is 10.0. The van der Waals surface area contributed by atoms with Crippen molar-refractivity contribution in [1.82, 2.24) is 14.5 Å². The Morgan fingerprint density at radius 1 is 1.13 bits per heavy atom. The number of hydrogen-bond donors (Lipinski definition) is 0. The number of aromatic nitrogens is 2. The fourth-order valence-electron chi connectivity index (χ4n) is 7.57. The van der Waals surface area contributed by atoms with E-state index in [0.717, 1.165) is 79.6 Å². The fourth-order valence-corrected chi connectivity index (χ4v) is 7.57. The quantitative estimate of drug-likeness (QED) is 0.527. The van der Waals surface area contributed by atoms with Crippen LogP contribution in [-0.2, 0) is 27.3 Å². The summed E-state index contributed by atoms with van der Waals surface area (Å²) in [7, 11) is 1.42. The van der Waals surface area contributed by atoms with Gasteiger partial charge in [0.1, 0.15) is 11.6 Å². The van der Waals surface area contributed by atoms with Crippen LogP contribution in [0.1, 0.15) is 95.5 Å². The van der Waals surface area contributed by atoms with Crippen molar-refractivity contribution in [2.45, 2.75) is 103 Å². The number of ketones is 1. The monoisotopic (exact) mass is 520 g/mol. The molecule has 0 unspecified atom stereocenters. The van der Waals surface area contributed by atoms with Crippen LogP contribution in [0.3, 0.4) is 0 Å². The minimum atomic E-state index is -0.349. The number of hydrogen-bond acceptors (Lipinski definition) is 5. The van der Waals surface area contributed by atoms with Crippen molar-refractivity contribution in [2.24, 2.45) is 11.3 Å². The van der Waals surface area contributed by atoms with Crippen LogP contribution in [0.5, 0.6) is 0 Å². The third-order valence-electron chi connectivity index (χ3n) is 10.0. The number of Topliss-reactive ketones (excluding diaryl/α,β-unsaturated/α-hetero) is 1. The maximum atomic E-state index is 13.3. The molecule has 1 saturated heterocycles. The van der Waals surface area contributed by atoms with Crippen LogP contribution in [0.4, 0.5) is 10.5 Å². The number of carbonyl (C=O) groups excluding carboxylic acids is 3. The van der Waals surface area contributed by atoms with Gasteiger partial charge in [0, 0.05) is 36.5 Å². The number of imidazole rings is 1. The Balaban J connectivity index is 1.41. The number of methoxy groups -OCH3 is 1. The summed E-state index contributed by atoms with van der Waals surface area (Å²) in [5, 5.41) is 0. The van der Waals surface area contributed by atoms with Crippen LogP contribution < -0.4 is 4.90 Å². The number of benzene rings is 1. The summed E-state index contributed by atoms with van der Waals surface area (Å²) in [5.41, 5.74) is 4.16. The predicted molar refractivity (Wildman–Crippen MR) is 145 cm³/mol. The standard InChI is InChI=1S/C30H40N4O4/c1-19-8-9-23-24(33(19)29(37)38-3)10-11-25-28(23)31-26(34(25)22-7-4-6-21(16-22)20(2)35)18-32-15-14-30(12-5-13-30)17-27(32)36/h10-11,19,21-22H,4-9,12-18H2,1-3H3/t19-,21+,22+/m0/s1. The lowest BCUT2D eigenvalue weighted by Gasteiger charge is -2.47. The first-order chi connectivity index (χ1) is 18.3. The van der Waals surface area contributed by atoms with Crippen molar-refractivity contribution >= 4 is 34.5 Å². The topological polar surface area (TPSA) is 84.7 Å². The third kappa shape index (κ3) is 4.20. The number of fused-ring (bicyclic) bond motifs is 3. The van der Waals surface area contributed by atoms with E-state index in [1.54, 1.807) is 11.8 Å². The first-order valence-corrected chi connectivity index (χ1v) is 14.5. The molecule has 1 aromatic carbocycles. The molecule has 8 nitrogen and oxygen atoms in total.